The van der Waals surface area contributed by atoms with E-state index in [2.05, 4.69) is 15.4 Å². The lowest BCUT2D eigenvalue weighted by Crippen LogP contribution is -2.02. The maximum atomic E-state index is 5.86. The molecule has 0 aliphatic carbocycles. The van der Waals surface area contributed by atoms with Gasteiger partial charge in [0.1, 0.15) is 5.82 Å². The highest BCUT2D eigenvalue weighted by molar-refractivity contribution is 6.30. The summed E-state index contributed by atoms with van der Waals surface area (Å²) in [6.07, 6.45) is 1.73. The first kappa shape index (κ1) is 11.0. The van der Waals surface area contributed by atoms with Crippen molar-refractivity contribution in [1.29, 1.82) is 0 Å². The molecule has 1 aromatic carbocycles. The van der Waals surface area contributed by atoms with Gasteiger partial charge in [-0.3, -0.25) is 0 Å². The van der Waals surface area contributed by atoms with E-state index < -0.39 is 0 Å². The summed E-state index contributed by atoms with van der Waals surface area (Å²) in [6, 6.07) is 11.4. The number of benzene rings is 1. The van der Waals surface area contributed by atoms with Crippen molar-refractivity contribution in [3.8, 4) is 0 Å². The molecule has 90 valence electrons. The number of aromatic nitrogens is 3. The second-order valence-corrected chi connectivity index (χ2v) is 4.45. The lowest BCUT2D eigenvalue weighted by molar-refractivity contribution is 0.938. The Morgan fingerprint density at radius 2 is 1.94 bits per heavy atom. The normalized spacial score (nSPS) is 10.8. The average Bonchev–Trinajstić information content (AvgIpc) is 2.80. The van der Waals surface area contributed by atoms with E-state index in [-0.39, 0.29) is 0 Å². The molecule has 1 N–H and O–H groups in total. The van der Waals surface area contributed by atoms with Crippen LogP contribution in [0.25, 0.3) is 5.65 Å². The summed E-state index contributed by atoms with van der Waals surface area (Å²) in [5.74, 6) is 0.879. The largest absolute Gasteiger partial charge is 0.340 e. The average molecular weight is 259 g/mol. The molecule has 0 unspecified atom stereocenters. The van der Waals surface area contributed by atoms with Gasteiger partial charge in [0.25, 0.3) is 0 Å². The van der Waals surface area contributed by atoms with Crippen LogP contribution in [-0.4, -0.2) is 14.6 Å². The Hall–Kier alpha value is -2.07. The first-order chi connectivity index (χ1) is 8.72. The topological polar surface area (TPSA) is 42.2 Å². The smallest absolute Gasteiger partial charge is 0.157 e. The molecule has 0 saturated heterocycles. The van der Waals surface area contributed by atoms with Gasteiger partial charge in [-0.15, -0.1) is 0 Å². The fourth-order valence-corrected chi connectivity index (χ4v) is 1.93. The Labute approximate surface area is 109 Å². The zero-order valence-corrected chi connectivity index (χ0v) is 10.5. The molecule has 0 atom stereocenters. The van der Waals surface area contributed by atoms with Crippen molar-refractivity contribution in [2.75, 3.05) is 5.32 Å². The molecule has 0 aliphatic rings. The summed E-state index contributed by atoms with van der Waals surface area (Å²) >= 11 is 5.86. The number of nitrogens with one attached hydrogen (secondary N) is 1. The third-order valence-corrected chi connectivity index (χ3v) is 2.86. The Balaban J connectivity index is 2.03. The monoisotopic (exact) mass is 258 g/mol. The highest BCUT2D eigenvalue weighted by atomic mass is 35.5. The summed E-state index contributed by atoms with van der Waals surface area (Å²) in [6.45, 7) is 1.96. The van der Waals surface area contributed by atoms with E-state index in [0.717, 1.165) is 27.9 Å². The molecule has 0 fully saturated rings. The van der Waals surface area contributed by atoms with Crippen LogP contribution in [0.3, 0.4) is 0 Å². The van der Waals surface area contributed by atoms with Gasteiger partial charge in [0.15, 0.2) is 5.65 Å². The van der Waals surface area contributed by atoms with Crippen molar-refractivity contribution in [2.24, 2.45) is 0 Å². The first-order valence-corrected chi connectivity index (χ1v) is 5.94. The van der Waals surface area contributed by atoms with Crippen molar-refractivity contribution in [2.45, 2.75) is 6.92 Å². The number of rotatable bonds is 2. The molecule has 0 spiro atoms. The van der Waals surface area contributed by atoms with Gasteiger partial charge in [0.2, 0.25) is 0 Å². The van der Waals surface area contributed by atoms with Gasteiger partial charge in [0.05, 0.1) is 6.20 Å². The predicted molar refractivity (Wildman–Crippen MR) is 72.5 cm³/mol. The van der Waals surface area contributed by atoms with Crippen LogP contribution in [0.5, 0.6) is 0 Å². The van der Waals surface area contributed by atoms with Crippen LogP contribution in [0, 0.1) is 6.92 Å². The van der Waals surface area contributed by atoms with Crippen molar-refractivity contribution >= 4 is 28.8 Å². The van der Waals surface area contributed by atoms with Crippen LogP contribution >= 0.6 is 11.6 Å². The Morgan fingerprint density at radius 3 is 2.72 bits per heavy atom. The van der Waals surface area contributed by atoms with E-state index in [1.54, 1.807) is 10.7 Å². The van der Waals surface area contributed by atoms with Gasteiger partial charge in [-0.2, -0.15) is 9.61 Å². The zero-order chi connectivity index (χ0) is 12.5. The highest BCUT2D eigenvalue weighted by Crippen LogP contribution is 2.19. The van der Waals surface area contributed by atoms with E-state index in [9.17, 15) is 0 Å². The molecule has 0 aliphatic heterocycles. The Morgan fingerprint density at radius 1 is 1.17 bits per heavy atom. The molecule has 4 nitrogen and oxygen atoms in total. The lowest BCUT2D eigenvalue weighted by atomic mass is 10.3. The van der Waals surface area contributed by atoms with Crippen LogP contribution in [-0.2, 0) is 0 Å². The molecule has 2 heterocycles. The number of nitrogens with zero attached hydrogens (tertiary/aromatic N) is 3. The third kappa shape index (κ3) is 2.02. The van der Waals surface area contributed by atoms with Gasteiger partial charge in [0, 0.05) is 28.5 Å². The number of anilines is 2. The summed E-state index contributed by atoms with van der Waals surface area (Å²) in [4.78, 5) is 4.39. The molecular formula is C13H11ClN4. The molecule has 5 heteroatoms. The SMILES string of the molecule is Cc1cc(Nc2ccc(Cl)cc2)n2nccc2n1. The van der Waals surface area contributed by atoms with Crippen molar-refractivity contribution in [3.05, 3.63) is 53.3 Å². The van der Waals surface area contributed by atoms with Crippen molar-refractivity contribution < 1.29 is 0 Å². The number of hydrogen-bond acceptors (Lipinski definition) is 3. The van der Waals surface area contributed by atoms with Crippen molar-refractivity contribution in [1.82, 2.24) is 14.6 Å². The van der Waals surface area contributed by atoms with Gasteiger partial charge in [-0.25, -0.2) is 4.98 Å². The predicted octanol–water partition coefficient (Wildman–Crippen LogP) is 3.43. The van der Waals surface area contributed by atoms with Crippen LogP contribution in [0.4, 0.5) is 11.5 Å². The van der Waals surface area contributed by atoms with Gasteiger partial charge in [-0.1, -0.05) is 11.6 Å². The fourth-order valence-electron chi connectivity index (χ4n) is 1.81. The van der Waals surface area contributed by atoms with E-state index in [4.69, 9.17) is 11.6 Å². The standard InChI is InChI=1S/C13H11ClN4/c1-9-8-13(18-12(16-9)6-7-15-18)17-11-4-2-10(14)3-5-11/h2-8,17H,1H3. The van der Waals surface area contributed by atoms with Crippen LogP contribution in [0.15, 0.2) is 42.6 Å². The number of hydrogen-bond donors (Lipinski definition) is 1. The molecule has 0 bridgehead atoms. The van der Waals surface area contributed by atoms with E-state index in [0.29, 0.717) is 0 Å². The summed E-state index contributed by atoms with van der Waals surface area (Å²) in [7, 11) is 0. The molecule has 3 rings (SSSR count). The second-order valence-electron chi connectivity index (χ2n) is 4.02. The quantitative estimate of drug-likeness (QED) is 0.766. The number of fused-ring (bicyclic) bond motifs is 1. The maximum Gasteiger partial charge on any atom is 0.157 e. The van der Waals surface area contributed by atoms with Crippen molar-refractivity contribution in [3.63, 3.8) is 0 Å². The minimum absolute atomic E-state index is 0.718. The zero-order valence-electron chi connectivity index (χ0n) is 9.76. The minimum Gasteiger partial charge on any atom is -0.340 e. The molecule has 0 amide bonds. The van der Waals surface area contributed by atoms with Gasteiger partial charge in [-0.05, 0) is 31.2 Å². The van der Waals surface area contributed by atoms with Crippen LogP contribution in [0.1, 0.15) is 5.69 Å². The van der Waals surface area contributed by atoms with E-state index in [1.807, 2.05) is 43.3 Å². The Kier molecular flexibility index (Phi) is 2.64. The first-order valence-electron chi connectivity index (χ1n) is 5.56. The minimum atomic E-state index is 0.718. The van der Waals surface area contributed by atoms with Gasteiger partial charge >= 0.3 is 0 Å². The molecule has 3 aromatic rings. The maximum absolute atomic E-state index is 5.86. The Bertz CT molecular complexity index is 688. The summed E-state index contributed by atoms with van der Waals surface area (Å²) in [5, 5.41) is 8.26. The molecule has 0 radical (unpaired) electrons. The van der Waals surface area contributed by atoms with E-state index in [1.165, 1.54) is 0 Å². The van der Waals surface area contributed by atoms with E-state index >= 15 is 0 Å². The number of halogens is 1. The van der Waals surface area contributed by atoms with Crippen LogP contribution in [0.2, 0.25) is 5.02 Å². The lowest BCUT2D eigenvalue weighted by Gasteiger charge is -2.09. The number of aryl methyl sites for hydroxylation is 1. The third-order valence-electron chi connectivity index (χ3n) is 2.60. The molecule has 2 aromatic heterocycles. The highest BCUT2D eigenvalue weighted by Gasteiger charge is 2.04. The van der Waals surface area contributed by atoms with Crippen LogP contribution < -0.4 is 5.32 Å². The van der Waals surface area contributed by atoms with Gasteiger partial charge < -0.3 is 5.32 Å². The molecular weight excluding hydrogens is 248 g/mol. The fraction of sp³-hybridized carbons (Fsp3) is 0.0769. The molecule has 18 heavy (non-hydrogen) atoms. The second kappa shape index (κ2) is 4.31. The molecule has 0 saturated carbocycles. The summed E-state index contributed by atoms with van der Waals surface area (Å²) < 4.78 is 1.77. The summed E-state index contributed by atoms with van der Waals surface area (Å²) in [5.41, 5.74) is 2.73.